The lowest BCUT2D eigenvalue weighted by molar-refractivity contribution is 0.260. The van der Waals surface area contributed by atoms with Crippen LogP contribution in [-0.4, -0.2) is 45.7 Å². The first kappa shape index (κ1) is 11.5. The summed E-state index contributed by atoms with van der Waals surface area (Å²) in [6.45, 7) is 4.32. The summed E-state index contributed by atoms with van der Waals surface area (Å²) in [5, 5.41) is 12.0. The molecule has 0 aromatic carbocycles. The van der Waals surface area contributed by atoms with E-state index in [1.54, 1.807) is 0 Å². The van der Waals surface area contributed by atoms with Crippen LogP contribution in [0.25, 0.3) is 5.65 Å². The highest BCUT2D eigenvalue weighted by molar-refractivity contribution is 5.51. The van der Waals surface area contributed by atoms with Crippen molar-refractivity contribution in [1.29, 1.82) is 0 Å². The molecule has 1 atom stereocenters. The van der Waals surface area contributed by atoms with E-state index in [2.05, 4.69) is 40.5 Å². The Hall–Kier alpha value is -1.62. The van der Waals surface area contributed by atoms with Gasteiger partial charge in [0.1, 0.15) is 0 Å². The average molecular weight is 245 g/mol. The van der Waals surface area contributed by atoms with Gasteiger partial charge in [-0.2, -0.15) is 0 Å². The number of likely N-dealkylation sites (N-methyl/N-ethyl adjacent to an activating group) is 1. The Morgan fingerprint density at radius 2 is 2.28 bits per heavy atom. The van der Waals surface area contributed by atoms with E-state index in [4.69, 9.17) is 0 Å². The van der Waals surface area contributed by atoms with Gasteiger partial charge in [0.25, 0.3) is 0 Å². The van der Waals surface area contributed by atoms with Crippen molar-refractivity contribution < 1.29 is 0 Å². The molecule has 5 nitrogen and oxygen atoms in total. The van der Waals surface area contributed by atoms with Gasteiger partial charge < -0.3 is 10.2 Å². The van der Waals surface area contributed by atoms with E-state index in [-0.39, 0.29) is 0 Å². The maximum absolute atomic E-state index is 4.26. The van der Waals surface area contributed by atoms with Gasteiger partial charge in [-0.15, -0.1) is 10.2 Å². The Morgan fingerprint density at radius 3 is 3.11 bits per heavy atom. The number of anilines is 1. The number of aryl methyl sites for hydroxylation is 1. The first-order valence-electron chi connectivity index (χ1n) is 6.49. The molecular formula is C13H19N5. The second kappa shape index (κ2) is 4.57. The molecule has 0 spiro atoms. The van der Waals surface area contributed by atoms with E-state index in [1.807, 2.05) is 16.7 Å². The zero-order chi connectivity index (χ0) is 12.5. The highest BCUT2D eigenvalue weighted by atomic mass is 15.3. The third-order valence-corrected chi connectivity index (χ3v) is 3.59. The molecule has 3 heterocycles. The van der Waals surface area contributed by atoms with Gasteiger partial charge in [-0.1, -0.05) is 6.07 Å². The van der Waals surface area contributed by atoms with Crippen molar-refractivity contribution in [3.05, 3.63) is 23.9 Å². The van der Waals surface area contributed by atoms with E-state index >= 15 is 0 Å². The fourth-order valence-electron chi connectivity index (χ4n) is 2.61. The molecule has 1 unspecified atom stereocenters. The minimum atomic E-state index is 0.469. The number of pyridine rings is 1. The Kier molecular flexibility index (Phi) is 2.91. The SMILES string of the molecule is Cc1cccn2c(NC3CCCN(C)C3)nnc12. The summed E-state index contributed by atoms with van der Waals surface area (Å²) in [5.41, 5.74) is 2.09. The number of nitrogens with one attached hydrogen (secondary N) is 1. The van der Waals surface area contributed by atoms with E-state index in [9.17, 15) is 0 Å². The zero-order valence-corrected chi connectivity index (χ0v) is 10.9. The van der Waals surface area contributed by atoms with Crippen molar-refractivity contribution in [2.45, 2.75) is 25.8 Å². The number of hydrogen-bond donors (Lipinski definition) is 1. The summed E-state index contributed by atoms with van der Waals surface area (Å²) >= 11 is 0. The molecule has 1 saturated heterocycles. The molecule has 1 N–H and O–H groups in total. The number of aromatic nitrogens is 3. The summed E-state index contributed by atoms with van der Waals surface area (Å²) < 4.78 is 2.03. The molecule has 1 aliphatic rings. The first-order valence-corrected chi connectivity index (χ1v) is 6.49. The smallest absolute Gasteiger partial charge is 0.229 e. The molecule has 5 heteroatoms. The van der Waals surface area contributed by atoms with E-state index in [0.29, 0.717) is 6.04 Å². The minimum absolute atomic E-state index is 0.469. The van der Waals surface area contributed by atoms with Gasteiger partial charge in [0, 0.05) is 18.8 Å². The van der Waals surface area contributed by atoms with Gasteiger partial charge in [0.2, 0.25) is 5.95 Å². The highest BCUT2D eigenvalue weighted by Crippen LogP contribution is 2.16. The van der Waals surface area contributed by atoms with Gasteiger partial charge >= 0.3 is 0 Å². The second-order valence-electron chi connectivity index (χ2n) is 5.15. The van der Waals surface area contributed by atoms with Crippen LogP contribution in [0, 0.1) is 6.92 Å². The van der Waals surface area contributed by atoms with E-state index in [0.717, 1.165) is 23.7 Å². The van der Waals surface area contributed by atoms with Gasteiger partial charge in [-0.05, 0) is 45.0 Å². The molecule has 18 heavy (non-hydrogen) atoms. The van der Waals surface area contributed by atoms with Crippen molar-refractivity contribution in [2.75, 3.05) is 25.5 Å². The van der Waals surface area contributed by atoms with Crippen LogP contribution >= 0.6 is 0 Å². The lowest BCUT2D eigenvalue weighted by Gasteiger charge is -2.30. The lowest BCUT2D eigenvalue weighted by Crippen LogP contribution is -2.40. The molecule has 1 fully saturated rings. The number of piperidine rings is 1. The molecule has 2 aromatic heterocycles. The third kappa shape index (κ3) is 2.06. The molecule has 3 rings (SSSR count). The van der Waals surface area contributed by atoms with Crippen molar-refractivity contribution in [3.8, 4) is 0 Å². The molecule has 96 valence electrons. The number of hydrogen-bond acceptors (Lipinski definition) is 4. The number of likely N-dealkylation sites (tertiary alicyclic amines) is 1. The lowest BCUT2D eigenvalue weighted by atomic mass is 10.1. The highest BCUT2D eigenvalue weighted by Gasteiger charge is 2.18. The van der Waals surface area contributed by atoms with Gasteiger partial charge in [-0.25, -0.2) is 0 Å². The van der Waals surface area contributed by atoms with Crippen molar-refractivity contribution in [2.24, 2.45) is 0 Å². The van der Waals surface area contributed by atoms with Crippen LogP contribution in [0.3, 0.4) is 0 Å². The summed E-state index contributed by atoms with van der Waals surface area (Å²) in [4.78, 5) is 2.36. The predicted molar refractivity (Wildman–Crippen MR) is 71.9 cm³/mol. The maximum Gasteiger partial charge on any atom is 0.229 e. The Labute approximate surface area is 107 Å². The van der Waals surface area contributed by atoms with Crippen LogP contribution in [0.4, 0.5) is 5.95 Å². The first-order chi connectivity index (χ1) is 8.74. The van der Waals surface area contributed by atoms with Crippen molar-refractivity contribution in [3.63, 3.8) is 0 Å². The standard InChI is InChI=1S/C13H19N5/c1-10-5-3-8-18-12(10)15-16-13(18)14-11-6-4-7-17(2)9-11/h3,5,8,11H,4,6-7,9H2,1-2H3,(H,14,16). The van der Waals surface area contributed by atoms with Gasteiger partial charge in [0.15, 0.2) is 5.65 Å². The fraction of sp³-hybridized carbons (Fsp3) is 0.538. The van der Waals surface area contributed by atoms with Crippen molar-refractivity contribution >= 4 is 11.6 Å². The van der Waals surface area contributed by atoms with Crippen LogP contribution in [-0.2, 0) is 0 Å². The molecule has 1 aliphatic heterocycles. The molecule has 0 bridgehead atoms. The largest absolute Gasteiger partial charge is 0.350 e. The van der Waals surface area contributed by atoms with Crippen molar-refractivity contribution in [1.82, 2.24) is 19.5 Å². The number of rotatable bonds is 2. The van der Waals surface area contributed by atoms with Crippen LogP contribution in [0.5, 0.6) is 0 Å². The van der Waals surface area contributed by atoms with Gasteiger partial charge in [0.05, 0.1) is 0 Å². The Morgan fingerprint density at radius 1 is 1.39 bits per heavy atom. The Balaban J connectivity index is 1.84. The van der Waals surface area contributed by atoms with Crippen LogP contribution in [0.15, 0.2) is 18.3 Å². The summed E-state index contributed by atoms with van der Waals surface area (Å²) in [5.74, 6) is 0.856. The summed E-state index contributed by atoms with van der Waals surface area (Å²) in [6.07, 6.45) is 4.45. The van der Waals surface area contributed by atoms with Crippen LogP contribution < -0.4 is 5.32 Å². The second-order valence-corrected chi connectivity index (χ2v) is 5.15. The number of nitrogens with zero attached hydrogens (tertiary/aromatic N) is 4. The molecule has 0 amide bonds. The fourth-order valence-corrected chi connectivity index (χ4v) is 2.61. The van der Waals surface area contributed by atoms with Gasteiger partial charge in [-0.3, -0.25) is 4.40 Å². The quantitative estimate of drug-likeness (QED) is 0.872. The summed E-state index contributed by atoms with van der Waals surface area (Å²) in [7, 11) is 2.17. The van der Waals surface area contributed by atoms with Crippen LogP contribution in [0.1, 0.15) is 18.4 Å². The topological polar surface area (TPSA) is 45.5 Å². The molecule has 0 saturated carbocycles. The Bertz CT molecular complexity index is 547. The number of fused-ring (bicyclic) bond motifs is 1. The maximum atomic E-state index is 4.26. The normalized spacial score (nSPS) is 21.3. The van der Waals surface area contributed by atoms with E-state index in [1.165, 1.54) is 19.4 Å². The van der Waals surface area contributed by atoms with E-state index < -0.39 is 0 Å². The van der Waals surface area contributed by atoms with Crippen LogP contribution in [0.2, 0.25) is 0 Å². The monoisotopic (exact) mass is 245 g/mol. The zero-order valence-electron chi connectivity index (χ0n) is 10.9. The third-order valence-electron chi connectivity index (χ3n) is 3.59. The predicted octanol–water partition coefficient (Wildman–Crippen LogP) is 1.54. The molecular weight excluding hydrogens is 226 g/mol. The summed E-state index contributed by atoms with van der Waals surface area (Å²) in [6, 6.07) is 4.56. The molecule has 0 aliphatic carbocycles. The average Bonchev–Trinajstić information content (AvgIpc) is 2.74. The molecule has 0 radical (unpaired) electrons. The molecule has 2 aromatic rings. The minimum Gasteiger partial charge on any atom is -0.350 e.